The fourth-order valence-corrected chi connectivity index (χ4v) is 8.99. The summed E-state index contributed by atoms with van der Waals surface area (Å²) in [6, 6.07) is 24.8. The minimum atomic E-state index is -1.60. The smallest absolute Gasteiger partial charge is 0.327 e. The molecule has 3 saturated heterocycles. The van der Waals surface area contributed by atoms with Gasteiger partial charge in [-0.3, -0.25) is 14.6 Å². The van der Waals surface area contributed by atoms with Crippen molar-refractivity contribution in [2.45, 2.75) is 69.9 Å². The summed E-state index contributed by atoms with van der Waals surface area (Å²) in [5.74, 6) is -1.22. The molecule has 4 heterocycles. The van der Waals surface area contributed by atoms with Gasteiger partial charge in [0, 0.05) is 79.3 Å². The maximum absolute atomic E-state index is 15.0. The van der Waals surface area contributed by atoms with E-state index in [1.807, 2.05) is 74.5 Å². The van der Waals surface area contributed by atoms with Crippen LogP contribution >= 0.6 is 11.6 Å². The van der Waals surface area contributed by atoms with Crippen molar-refractivity contribution in [3.63, 3.8) is 0 Å². The zero-order valence-electron chi connectivity index (χ0n) is 35.3. The van der Waals surface area contributed by atoms with Crippen LogP contribution in [0.4, 0.5) is 30.6 Å². The number of rotatable bonds is 15. The number of amides is 2. The number of aliphatic hydroxyl groups is 1. The van der Waals surface area contributed by atoms with Crippen LogP contribution in [-0.2, 0) is 31.2 Å². The third-order valence-electron chi connectivity index (χ3n) is 11.7. The first-order valence-electron chi connectivity index (χ1n) is 21.0. The van der Waals surface area contributed by atoms with Gasteiger partial charge in [0.05, 0.1) is 19.8 Å². The predicted octanol–water partition coefficient (Wildman–Crippen LogP) is 7.31. The molecule has 4 aromatic carbocycles. The molecule has 2 amide bonds. The molecule has 0 spiro atoms. The maximum atomic E-state index is 15.0. The fourth-order valence-electron chi connectivity index (χ4n) is 8.86. The highest BCUT2D eigenvalue weighted by molar-refractivity contribution is 6.30. The van der Waals surface area contributed by atoms with E-state index in [1.54, 1.807) is 17.0 Å². The number of carbonyl (C=O) groups is 2. The number of piperazine rings is 1. The second-order valence-electron chi connectivity index (χ2n) is 16.3. The van der Waals surface area contributed by atoms with Gasteiger partial charge in [-0.15, -0.1) is 0 Å². The second kappa shape index (κ2) is 18.5. The van der Waals surface area contributed by atoms with Gasteiger partial charge in [-0.05, 0) is 92.6 Å². The van der Waals surface area contributed by atoms with Crippen molar-refractivity contribution in [3.05, 3.63) is 131 Å². The molecule has 0 radical (unpaired) electrons. The standard InChI is InChI=1S/C46H50ClF2N7O7/c1-31(2)56-44(58)55(43(33-5-7-34(47)8-6-33)46(56,59)19-4-24-60-32(3)57)38-12-10-36(11-13-38)52-20-22-53(23-21-52)37-14-16-39(17-15-37)61-26-42-62-28-45(63-42,27-54-30-50-29-51-54)40-18-9-35(48)25-41(40)49/h5-18,25,29-31,42-43,59H,4,19-24,26-28H2,1-3H3/t42-,43?,45+,46?/m0/s1. The molecule has 3 fully saturated rings. The molecule has 4 atom stereocenters. The Kier molecular flexibility index (Phi) is 12.9. The lowest BCUT2D eigenvalue weighted by Gasteiger charge is -2.39. The van der Waals surface area contributed by atoms with Crippen molar-refractivity contribution < 1.29 is 42.4 Å². The molecule has 1 aromatic heterocycles. The van der Waals surface area contributed by atoms with E-state index in [0.29, 0.717) is 22.9 Å². The largest absolute Gasteiger partial charge is 0.488 e. The van der Waals surface area contributed by atoms with Crippen LogP contribution in [0.2, 0.25) is 5.02 Å². The fraction of sp³-hybridized carbons (Fsp3) is 0.391. The first-order chi connectivity index (χ1) is 30.3. The van der Waals surface area contributed by atoms with Crippen molar-refractivity contribution in [1.82, 2.24) is 19.7 Å². The summed E-state index contributed by atoms with van der Waals surface area (Å²) in [5.41, 5.74) is 0.717. The molecule has 8 rings (SSSR count). The second-order valence-corrected chi connectivity index (χ2v) is 16.7. The predicted molar refractivity (Wildman–Crippen MR) is 232 cm³/mol. The molecule has 17 heteroatoms. The summed E-state index contributed by atoms with van der Waals surface area (Å²) >= 11 is 6.26. The Labute approximate surface area is 369 Å². The van der Waals surface area contributed by atoms with Crippen LogP contribution in [-0.4, -0.2) is 101 Å². The van der Waals surface area contributed by atoms with E-state index < -0.39 is 41.3 Å². The van der Waals surface area contributed by atoms with Crippen LogP contribution in [0.3, 0.4) is 0 Å². The molecule has 63 heavy (non-hydrogen) atoms. The van der Waals surface area contributed by atoms with E-state index in [1.165, 1.54) is 41.3 Å². The van der Waals surface area contributed by atoms with E-state index in [-0.39, 0.29) is 50.4 Å². The summed E-state index contributed by atoms with van der Waals surface area (Å²) in [4.78, 5) is 37.5. The Bertz CT molecular complexity index is 2350. The molecule has 14 nitrogen and oxygen atoms in total. The monoisotopic (exact) mass is 885 g/mol. The van der Waals surface area contributed by atoms with Crippen LogP contribution in [0.1, 0.15) is 50.8 Å². The minimum absolute atomic E-state index is 0.00404. The van der Waals surface area contributed by atoms with Gasteiger partial charge >= 0.3 is 12.0 Å². The summed E-state index contributed by atoms with van der Waals surface area (Å²) in [6.45, 7) is 8.44. The number of anilines is 3. The van der Waals surface area contributed by atoms with Crippen molar-refractivity contribution in [1.29, 1.82) is 0 Å². The number of halogens is 3. The van der Waals surface area contributed by atoms with Crippen LogP contribution < -0.4 is 19.4 Å². The van der Waals surface area contributed by atoms with Crippen molar-refractivity contribution in [3.8, 4) is 5.75 Å². The minimum Gasteiger partial charge on any atom is -0.488 e. The summed E-state index contributed by atoms with van der Waals surface area (Å²) in [7, 11) is 0. The third-order valence-corrected chi connectivity index (χ3v) is 12.0. The normalized spacial score (nSPS) is 22.6. The number of hydrogen-bond acceptors (Lipinski definition) is 11. The zero-order chi connectivity index (χ0) is 44.3. The van der Waals surface area contributed by atoms with Gasteiger partial charge in [-0.2, -0.15) is 5.10 Å². The molecule has 0 aliphatic carbocycles. The SMILES string of the molecule is CC(=O)OCCCC1(O)C(c2ccc(Cl)cc2)N(c2ccc(N3CCN(c4ccc(OC[C@H]5OC[C@](Cn6cncn6)(c6ccc(F)cc6F)O5)cc4)CC3)cc2)C(=O)N1C(C)C. The van der Waals surface area contributed by atoms with E-state index in [2.05, 4.69) is 19.9 Å². The summed E-state index contributed by atoms with van der Waals surface area (Å²) < 4.78 is 53.7. The van der Waals surface area contributed by atoms with E-state index in [0.717, 1.165) is 49.2 Å². The van der Waals surface area contributed by atoms with Gasteiger partial charge in [0.1, 0.15) is 48.3 Å². The number of esters is 1. The molecular formula is C46H50ClF2N7O7. The molecule has 1 N–H and O–H groups in total. The van der Waals surface area contributed by atoms with Crippen molar-refractivity contribution in [2.24, 2.45) is 0 Å². The lowest BCUT2D eigenvalue weighted by molar-refractivity contribution is -0.142. The van der Waals surface area contributed by atoms with Crippen LogP contribution in [0.5, 0.6) is 5.75 Å². The third kappa shape index (κ3) is 9.30. The average molecular weight is 886 g/mol. The highest BCUT2D eigenvalue weighted by Gasteiger charge is 2.58. The average Bonchev–Trinajstić information content (AvgIpc) is 3.99. The number of urea groups is 1. The molecule has 2 unspecified atom stereocenters. The number of ether oxygens (including phenoxy) is 4. The van der Waals surface area contributed by atoms with E-state index in [9.17, 15) is 19.1 Å². The Hall–Kier alpha value is -5.81. The molecule has 0 bridgehead atoms. The van der Waals surface area contributed by atoms with Crippen LogP contribution in [0, 0.1) is 11.6 Å². The molecular weight excluding hydrogens is 836 g/mol. The van der Waals surface area contributed by atoms with E-state index in [4.69, 9.17) is 30.5 Å². The Morgan fingerprint density at radius 3 is 2.19 bits per heavy atom. The number of aromatic nitrogens is 3. The van der Waals surface area contributed by atoms with Crippen molar-refractivity contribution in [2.75, 3.05) is 60.7 Å². The number of carbonyl (C=O) groups excluding carboxylic acids is 2. The number of hydrogen-bond donors (Lipinski definition) is 1. The quantitative estimate of drug-likeness (QED) is 0.0838. The first-order valence-corrected chi connectivity index (χ1v) is 21.4. The van der Waals surface area contributed by atoms with Gasteiger partial charge < -0.3 is 33.9 Å². The Morgan fingerprint density at radius 2 is 1.59 bits per heavy atom. The van der Waals surface area contributed by atoms with Crippen LogP contribution in [0.25, 0.3) is 0 Å². The summed E-state index contributed by atoms with van der Waals surface area (Å²) in [5, 5.41) is 17.2. The van der Waals surface area contributed by atoms with E-state index >= 15 is 4.39 Å². The van der Waals surface area contributed by atoms with Gasteiger partial charge in [0.2, 0.25) is 0 Å². The molecule has 3 aliphatic heterocycles. The molecule has 0 saturated carbocycles. The van der Waals surface area contributed by atoms with Crippen LogP contribution in [0.15, 0.2) is 104 Å². The van der Waals surface area contributed by atoms with Gasteiger partial charge in [0.15, 0.2) is 12.0 Å². The highest BCUT2D eigenvalue weighted by atomic mass is 35.5. The van der Waals surface area contributed by atoms with Gasteiger partial charge in [0.25, 0.3) is 0 Å². The lowest BCUT2D eigenvalue weighted by atomic mass is 9.90. The first kappa shape index (κ1) is 43.8. The van der Waals surface area contributed by atoms with Gasteiger partial charge in [-0.25, -0.2) is 23.2 Å². The number of benzene rings is 4. The number of nitrogens with zero attached hydrogens (tertiary/aromatic N) is 7. The molecule has 5 aromatic rings. The van der Waals surface area contributed by atoms with Gasteiger partial charge in [-0.1, -0.05) is 29.8 Å². The highest BCUT2D eigenvalue weighted by Crippen LogP contribution is 2.48. The van der Waals surface area contributed by atoms with Crippen molar-refractivity contribution >= 4 is 40.7 Å². The molecule has 3 aliphatic rings. The molecule has 332 valence electrons. The Balaban J connectivity index is 0.889. The summed E-state index contributed by atoms with van der Waals surface area (Å²) in [6.07, 6.45) is 2.60. The Morgan fingerprint density at radius 1 is 0.937 bits per heavy atom. The maximum Gasteiger partial charge on any atom is 0.327 e. The topological polar surface area (TPSA) is 135 Å². The zero-order valence-corrected chi connectivity index (χ0v) is 36.0. The lowest BCUT2D eigenvalue weighted by Crippen LogP contribution is -2.51.